The number of halogens is 1. The number of rotatable bonds is 1. The number of carbonyl (C=O) groups is 1. The molecule has 0 radical (unpaired) electrons. The lowest BCUT2D eigenvalue weighted by molar-refractivity contribution is 0.0752. The van der Waals surface area contributed by atoms with Crippen LogP contribution in [0.3, 0.4) is 0 Å². The second-order valence-corrected chi connectivity index (χ2v) is 7.86. The molecule has 0 spiro atoms. The van der Waals surface area contributed by atoms with Crippen molar-refractivity contribution < 1.29 is 9.90 Å². The minimum Gasteiger partial charge on any atom is -0.507 e. The zero-order valence-corrected chi connectivity index (χ0v) is 14.6. The van der Waals surface area contributed by atoms with Crippen molar-refractivity contribution in [1.29, 1.82) is 0 Å². The maximum Gasteiger partial charge on any atom is 0.257 e. The van der Waals surface area contributed by atoms with Gasteiger partial charge in [0.25, 0.3) is 5.91 Å². The van der Waals surface area contributed by atoms with Gasteiger partial charge in [0.15, 0.2) is 0 Å². The number of hydrogen-bond acceptors (Lipinski definition) is 2. The number of amides is 1. The molecule has 0 saturated carbocycles. The van der Waals surface area contributed by atoms with Crippen LogP contribution in [0.2, 0.25) is 0 Å². The number of aromatic hydroxyl groups is 1. The second-order valence-electron chi connectivity index (χ2n) is 6.95. The largest absolute Gasteiger partial charge is 0.507 e. The van der Waals surface area contributed by atoms with E-state index >= 15 is 0 Å². The van der Waals surface area contributed by atoms with Gasteiger partial charge in [-0.15, -0.1) is 0 Å². The quantitative estimate of drug-likeness (QED) is 0.810. The van der Waals surface area contributed by atoms with E-state index in [9.17, 15) is 9.90 Å². The average molecular weight is 354 g/mol. The molecule has 1 atom stereocenters. The molecular weight excluding hydrogens is 330 g/mol. The lowest BCUT2D eigenvalue weighted by Gasteiger charge is -2.29. The van der Waals surface area contributed by atoms with E-state index in [1.807, 2.05) is 4.90 Å². The van der Waals surface area contributed by atoms with Gasteiger partial charge < -0.3 is 10.0 Å². The molecule has 1 fully saturated rings. The molecule has 0 bridgehead atoms. The van der Waals surface area contributed by atoms with Crippen LogP contribution in [-0.4, -0.2) is 29.0 Å². The summed E-state index contributed by atoms with van der Waals surface area (Å²) in [5.74, 6) is 0.634. The van der Waals surface area contributed by atoms with Gasteiger partial charge in [0, 0.05) is 17.6 Å². The fourth-order valence-corrected chi connectivity index (χ4v) is 3.38. The number of phenols is 1. The highest BCUT2D eigenvalue weighted by atomic mass is 79.9. The van der Waals surface area contributed by atoms with E-state index in [0.717, 1.165) is 36.8 Å². The van der Waals surface area contributed by atoms with Gasteiger partial charge in [0.2, 0.25) is 0 Å². The maximum absolute atomic E-state index is 12.6. The van der Waals surface area contributed by atoms with E-state index in [1.165, 1.54) is 0 Å². The predicted molar refractivity (Wildman–Crippen MR) is 88.5 cm³/mol. The van der Waals surface area contributed by atoms with Gasteiger partial charge in [0.1, 0.15) is 5.75 Å². The van der Waals surface area contributed by atoms with Crippen LogP contribution in [-0.2, 0) is 0 Å². The zero-order chi connectivity index (χ0) is 15.6. The molecule has 1 aliphatic rings. The molecule has 1 heterocycles. The molecule has 1 aliphatic heterocycles. The van der Waals surface area contributed by atoms with Gasteiger partial charge in [0.05, 0.1) is 5.56 Å². The number of hydrogen-bond donors (Lipinski definition) is 1. The van der Waals surface area contributed by atoms with Gasteiger partial charge in [-0.25, -0.2) is 0 Å². The van der Waals surface area contributed by atoms with Crippen LogP contribution in [0.15, 0.2) is 22.7 Å². The minimum absolute atomic E-state index is 0.0554. The van der Waals surface area contributed by atoms with Crippen LogP contribution in [0, 0.1) is 11.3 Å². The lowest BCUT2D eigenvalue weighted by Crippen LogP contribution is -2.32. The van der Waals surface area contributed by atoms with Gasteiger partial charge in [-0.2, -0.15) is 0 Å². The average Bonchev–Trinajstić information content (AvgIpc) is 2.66. The SMILES string of the molecule is CC(C)(C)C1CCCN(C(=O)c2cc(Br)ccc2O)CC1. The second kappa shape index (κ2) is 6.39. The maximum atomic E-state index is 12.6. The summed E-state index contributed by atoms with van der Waals surface area (Å²) in [6, 6.07) is 5.00. The van der Waals surface area contributed by atoms with Crippen molar-refractivity contribution in [2.45, 2.75) is 40.0 Å². The zero-order valence-electron chi connectivity index (χ0n) is 13.0. The Bertz CT molecular complexity index is 522. The van der Waals surface area contributed by atoms with Gasteiger partial charge >= 0.3 is 0 Å². The van der Waals surface area contributed by atoms with E-state index in [-0.39, 0.29) is 17.1 Å². The summed E-state index contributed by atoms with van der Waals surface area (Å²) in [5, 5.41) is 9.92. The number of carbonyl (C=O) groups excluding carboxylic acids is 1. The van der Waals surface area contributed by atoms with E-state index in [4.69, 9.17) is 0 Å². The Hall–Kier alpha value is -1.03. The molecule has 0 aromatic heterocycles. The Morgan fingerprint density at radius 1 is 1.29 bits per heavy atom. The topological polar surface area (TPSA) is 40.5 Å². The lowest BCUT2D eigenvalue weighted by atomic mass is 9.77. The van der Waals surface area contributed by atoms with E-state index in [1.54, 1.807) is 18.2 Å². The van der Waals surface area contributed by atoms with Crippen LogP contribution >= 0.6 is 15.9 Å². The monoisotopic (exact) mass is 353 g/mol. The fourth-order valence-electron chi connectivity index (χ4n) is 3.02. The number of phenolic OH excluding ortho intramolecular Hbond substituents is 1. The molecule has 3 nitrogen and oxygen atoms in total. The van der Waals surface area contributed by atoms with Crippen molar-refractivity contribution >= 4 is 21.8 Å². The summed E-state index contributed by atoms with van der Waals surface area (Å²) in [4.78, 5) is 14.5. The van der Waals surface area contributed by atoms with Crippen molar-refractivity contribution in [3.63, 3.8) is 0 Å². The summed E-state index contributed by atoms with van der Waals surface area (Å²) in [6.45, 7) is 8.37. The number of benzene rings is 1. The molecule has 1 N–H and O–H groups in total. The Morgan fingerprint density at radius 3 is 2.67 bits per heavy atom. The highest BCUT2D eigenvalue weighted by molar-refractivity contribution is 9.10. The van der Waals surface area contributed by atoms with Crippen molar-refractivity contribution in [2.24, 2.45) is 11.3 Å². The minimum atomic E-state index is -0.0663. The van der Waals surface area contributed by atoms with Crippen LogP contribution in [0.1, 0.15) is 50.4 Å². The standard InChI is InChI=1S/C17H24BrNO2/c1-17(2,3)12-5-4-9-19(10-8-12)16(21)14-11-13(18)6-7-15(14)20/h6-7,11-12,20H,4-5,8-10H2,1-3H3. The molecule has 1 saturated heterocycles. The first-order chi connectivity index (χ1) is 9.79. The summed E-state index contributed by atoms with van der Waals surface area (Å²) in [6.07, 6.45) is 3.23. The predicted octanol–water partition coefficient (Wildman–Crippen LogP) is 4.44. The molecular formula is C17H24BrNO2. The van der Waals surface area contributed by atoms with E-state index in [0.29, 0.717) is 11.5 Å². The van der Waals surface area contributed by atoms with E-state index < -0.39 is 0 Å². The molecule has 1 unspecified atom stereocenters. The summed E-state index contributed by atoms with van der Waals surface area (Å²) >= 11 is 3.36. The van der Waals surface area contributed by atoms with Crippen molar-refractivity contribution in [3.8, 4) is 5.75 Å². The first-order valence-electron chi connectivity index (χ1n) is 7.57. The van der Waals surface area contributed by atoms with Crippen molar-refractivity contribution in [1.82, 2.24) is 4.90 Å². The molecule has 2 rings (SSSR count). The van der Waals surface area contributed by atoms with Crippen LogP contribution < -0.4 is 0 Å². The third-order valence-corrected chi connectivity index (χ3v) is 4.92. The molecule has 1 aromatic rings. The molecule has 21 heavy (non-hydrogen) atoms. The molecule has 1 amide bonds. The highest BCUT2D eigenvalue weighted by Gasteiger charge is 2.29. The van der Waals surface area contributed by atoms with Crippen LogP contribution in [0.25, 0.3) is 0 Å². The summed E-state index contributed by atoms with van der Waals surface area (Å²) in [5.41, 5.74) is 0.676. The smallest absolute Gasteiger partial charge is 0.257 e. The third kappa shape index (κ3) is 4.00. The van der Waals surface area contributed by atoms with Gasteiger partial charge in [-0.1, -0.05) is 36.7 Å². The van der Waals surface area contributed by atoms with Crippen molar-refractivity contribution in [3.05, 3.63) is 28.2 Å². The Balaban J connectivity index is 2.12. The fraction of sp³-hybridized carbons (Fsp3) is 0.588. The molecule has 0 aliphatic carbocycles. The molecule has 4 heteroatoms. The Morgan fingerprint density at radius 2 is 2.00 bits per heavy atom. The van der Waals surface area contributed by atoms with Crippen molar-refractivity contribution in [2.75, 3.05) is 13.1 Å². The number of nitrogens with zero attached hydrogens (tertiary/aromatic N) is 1. The molecule has 1 aromatic carbocycles. The molecule has 116 valence electrons. The van der Waals surface area contributed by atoms with Gasteiger partial charge in [-0.3, -0.25) is 4.79 Å². The van der Waals surface area contributed by atoms with E-state index in [2.05, 4.69) is 36.7 Å². The number of likely N-dealkylation sites (tertiary alicyclic amines) is 1. The summed E-state index contributed by atoms with van der Waals surface area (Å²) < 4.78 is 0.811. The first kappa shape index (κ1) is 16.3. The first-order valence-corrected chi connectivity index (χ1v) is 8.36. The highest BCUT2D eigenvalue weighted by Crippen LogP contribution is 2.35. The Kier molecular flexibility index (Phi) is 4.97. The van der Waals surface area contributed by atoms with Crippen LogP contribution in [0.4, 0.5) is 0 Å². The summed E-state index contributed by atoms with van der Waals surface area (Å²) in [7, 11) is 0. The van der Waals surface area contributed by atoms with Crippen LogP contribution in [0.5, 0.6) is 5.75 Å². The normalized spacial score (nSPS) is 20.2. The third-order valence-electron chi connectivity index (χ3n) is 4.43. The Labute approximate surface area is 135 Å². The van der Waals surface area contributed by atoms with Gasteiger partial charge in [-0.05, 0) is 48.8 Å².